The van der Waals surface area contributed by atoms with E-state index in [-0.39, 0.29) is 0 Å². The van der Waals surface area contributed by atoms with E-state index in [4.69, 9.17) is 32.7 Å². The third-order valence-corrected chi connectivity index (χ3v) is 3.57. The van der Waals surface area contributed by atoms with E-state index in [0.29, 0.717) is 23.3 Å². The van der Waals surface area contributed by atoms with Crippen molar-refractivity contribution < 1.29 is 9.47 Å². The first-order valence-corrected chi connectivity index (χ1v) is 5.53. The molecule has 1 fully saturated rings. The summed E-state index contributed by atoms with van der Waals surface area (Å²) in [6.45, 7) is 5.03. The highest BCUT2D eigenvalue weighted by atomic mass is 35.5. The Kier molecular flexibility index (Phi) is 2.95. The van der Waals surface area contributed by atoms with Crippen LogP contribution in [0.2, 0.25) is 10.0 Å². The maximum absolute atomic E-state index is 6.08. The highest BCUT2D eigenvalue weighted by molar-refractivity contribution is 6.42. The lowest BCUT2D eigenvalue weighted by atomic mass is 10.0. The Balaban J connectivity index is 2.49. The van der Waals surface area contributed by atoms with Crippen molar-refractivity contribution in [1.29, 1.82) is 0 Å². The molecule has 0 spiro atoms. The van der Waals surface area contributed by atoms with Crippen LogP contribution in [0.3, 0.4) is 0 Å². The fraction of sp³-hybridized carbons (Fsp3) is 0.455. The molecule has 0 radical (unpaired) electrons. The molecule has 1 heterocycles. The maximum Gasteiger partial charge on any atom is 0.192 e. The molecule has 0 unspecified atom stereocenters. The molecule has 0 bridgehead atoms. The van der Waals surface area contributed by atoms with Crippen molar-refractivity contribution in [3.63, 3.8) is 0 Å². The predicted molar refractivity (Wildman–Crippen MR) is 60.5 cm³/mol. The number of hydrogen-bond donors (Lipinski definition) is 0. The van der Waals surface area contributed by atoms with Gasteiger partial charge in [0.25, 0.3) is 0 Å². The first-order valence-electron chi connectivity index (χ1n) is 4.77. The molecule has 15 heavy (non-hydrogen) atoms. The molecule has 0 aliphatic carbocycles. The molecule has 1 saturated heterocycles. The lowest BCUT2D eigenvalue weighted by Gasteiger charge is -2.25. The lowest BCUT2D eigenvalue weighted by molar-refractivity contribution is -0.150. The fourth-order valence-electron chi connectivity index (χ4n) is 1.81. The van der Waals surface area contributed by atoms with Gasteiger partial charge >= 0.3 is 0 Å². The molecule has 1 aromatic carbocycles. The SMILES string of the molecule is Cc1c(C2(C)OCCO2)ccc(Cl)c1Cl. The average Bonchev–Trinajstić information content (AvgIpc) is 2.62. The summed E-state index contributed by atoms with van der Waals surface area (Å²) in [5.41, 5.74) is 1.85. The summed E-state index contributed by atoms with van der Waals surface area (Å²) in [6, 6.07) is 3.66. The smallest absolute Gasteiger partial charge is 0.192 e. The Morgan fingerprint density at radius 2 is 1.80 bits per heavy atom. The summed E-state index contributed by atoms with van der Waals surface area (Å²) in [4.78, 5) is 0. The van der Waals surface area contributed by atoms with Gasteiger partial charge in [-0.05, 0) is 25.5 Å². The van der Waals surface area contributed by atoms with Crippen LogP contribution < -0.4 is 0 Å². The largest absolute Gasteiger partial charge is 0.344 e. The minimum atomic E-state index is -0.682. The molecule has 1 aliphatic heterocycles. The molecule has 1 aliphatic rings. The van der Waals surface area contributed by atoms with Gasteiger partial charge in [0.05, 0.1) is 23.3 Å². The number of rotatable bonds is 1. The van der Waals surface area contributed by atoms with E-state index in [1.165, 1.54) is 0 Å². The fourth-order valence-corrected chi connectivity index (χ4v) is 2.18. The van der Waals surface area contributed by atoms with E-state index < -0.39 is 5.79 Å². The van der Waals surface area contributed by atoms with Crippen molar-refractivity contribution in [2.24, 2.45) is 0 Å². The van der Waals surface area contributed by atoms with Crippen molar-refractivity contribution in [3.8, 4) is 0 Å². The highest BCUT2D eigenvalue weighted by Gasteiger charge is 2.35. The second-order valence-electron chi connectivity index (χ2n) is 3.68. The number of benzene rings is 1. The van der Waals surface area contributed by atoms with Gasteiger partial charge in [0.1, 0.15) is 0 Å². The average molecular weight is 247 g/mol. The molecule has 2 rings (SSSR count). The zero-order valence-electron chi connectivity index (χ0n) is 8.64. The van der Waals surface area contributed by atoms with E-state index >= 15 is 0 Å². The third kappa shape index (κ3) is 1.87. The van der Waals surface area contributed by atoms with Crippen LogP contribution in [0.15, 0.2) is 12.1 Å². The van der Waals surface area contributed by atoms with Gasteiger partial charge in [-0.1, -0.05) is 29.3 Å². The number of hydrogen-bond acceptors (Lipinski definition) is 2. The Morgan fingerprint density at radius 3 is 2.40 bits per heavy atom. The molecular weight excluding hydrogens is 235 g/mol. The molecule has 0 saturated carbocycles. The van der Waals surface area contributed by atoms with Gasteiger partial charge < -0.3 is 9.47 Å². The van der Waals surface area contributed by atoms with Crippen molar-refractivity contribution >= 4 is 23.2 Å². The van der Waals surface area contributed by atoms with Crippen LogP contribution in [0.25, 0.3) is 0 Å². The molecule has 2 nitrogen and oxygen atoms in total. The van der Waals surface area contributed by atoms with E-state index in [9.17, 15) is 0 Å². The summed E-state index contributed by atoms with van der Waals surface area (Å²) >= 11 is 12.0. The van der Waals surface area contributed by atoms with Crippen LogP contribution >= 0.6 is 23.2 Å². The van der Waals surface area contributed by atoms with Gasteiger partial charge in [0.15, 0.2) is 5.79 Å². The van der Waals surface area contributed by atoms with Crippen LogP contribution in [0.5, 0.6) is 0 Å². The summed E-state index contributed by atoms with van der Waals surface area (Å²) in [5, 5.41) is 1.12. The summed E-state index contributed by atoms with van der Waals surface area (Å²) < 4.78 is 11.2. The quantitative estimate of drug-likeness (QED) is 0.755. The number of halogens is 2. The monoisotopic (exact) mass is 246 g/mol. The molecule has 82 valence electrons. The molecule has 0 N–H and O–H groups in total. The molecule has 0 aromatic heterocycles. The van der Waals surface area contributed by atoms with E-state index in [1.54, 1.807) is 6.07 Å². The molecule has 4 heteroatoms. The third-order valence-electron chi connectivity index (χ3n) is 2.67. The Hall–Kier alpha value is -0.280. The minimum Gasteiger partial charge on any atom is -0.344 e. The number of ether oxygens (including phenoxy) is 2. The predicted octanol–water partition coefficient (Wildman–Crippen LogP) is 3.52. The van der Waals surface area contributed by atoms with E-state index in [2.05, 4.69) is 0 Å². The maximum atomic E-state index is 6.08. The van der Waals surface area contributed by atoms with Crippen molar-refractivity contribution in [3.05, 3.63) is 33.3 Å². The van der Waals surface area contributed by atoms with E-state index in [1.807, 2.05) is 19.9 Å². The normalized spacial score (nSPS) is 19.5. The van der Waals surface area contributed by atoms with Gasteiger partial charge in [0, 0.05) is 5.56 Å². The first-order chi connectivity index (χ1) is 7.04. The second-order valence-corrected chi connectivity index (χ2v) is 4.46. The summed E-state index contributed by atoms with van der Waals surface area (Å²) in [6.07, 6.45) is 0. The van der Waals surface area contributed by atoms with Crippen molar-refractivity contribution in [2.45, 2.75) is 19.6 Å². The molecular formula is C11H12Cl2O2. The standard InChI is InChI=1S/C11H12Cl2O2/c1-7-8(3-4-9(12)10(7)13)11(2)14-5-6-15-11/h3-4H,5-6H2,1-2H3. The second kappa shape index (κ2) is 3.95. The Labute approximate surface area is 99.1 Å². The van der Waals surface area contributed by atoms with Gasteiger partial charge in [0.2, 0.25) is 0 Å². The van der Waals surface area contributed by atoms with Crippen molar-refractivity contribution in [1.82, 2.24) is 0 Å². The zero-order valence-corrected chi connectivity index (χ0v) is 10.2. The molecule has 1 aromatic rings. The van der Waals surface area contributed by atoms with E-state index in [0.717, 1.165) is 11.1 Å². The van der Waals surface area contributed by atoms with Gasteiger partial charge in [-0.25, -0.2) is 0 Å². The summed E-state index contributed by atoms with van der Waals surface area (Å²) in [5.74, 6) is -0.682. The van der Waals surface area contributed by atoms with Crippen LogP contribution in [0, 0.1) is 6.92 Å². The lowest BCUT2D eigenvalue weighted by Crippen LogP contribution is -2.23. The van der Waals surface area contributed by atoms with Gasteiger partial charge in [-0.15, -0.1) is 0 Å². The topological polar surface area (TPSA) is 18.5 Å². The molecule has 0 amide bonds. The van der Waals surface area contributed by atoms with Crippen LogP contribution in [-0.2, 0) is 15.3 Å². The molecule has 0 atom stereocenters. The Morgan fingerprint density at radius 1 is 1.20 bits per heavy atom. The van der Waals surface area contributed by atoms with Crippen LogP contribution in [-0.4, -0.2) is 13.2 Å². The minimum absolute atomic E-state index is 0.555. The van der Waals surface area contributed by atoms with Crippen LogP contribution in [0.1, 0.15) is 18.1 Å². The Bertz CT molecular complexity index is 384. The first kappa shape index (κ1) is 11.2. The highest BCUT2D eigenvalue weighted by Crippen LogP contribution is 2.37. The zero-order chi connectivity index (χ0) is 11.1. The van der Waals surface area contributed by atoms with Gasteiger partial charge in [-0.2, -0.15) is 0 Å². The van der Waals surface area contributed by atoms with Crippen molar-refractivity contribution in [2.75, 3.05) is 13.2 Å². The van der Waals surface area contributed by atoms with Crippen LogP contribution in [0.4, 0.5) is 0 Å². The van der Waals surface area contributed by atoms with Gasteiger partial charge in [-0.3, -0.25) is 0 Å². The summed E-state index contributed by atoms with van der Waals surface area (Å²) in [7, 11) is 0.